The first-order valence-electron chi connectivity index (χ1n) is 5.12. The molecule has 0 aromatic carbocycles. The van der Waals surface area contributed by atoms with E-state index in [1.54, 1.807) is 6.08 Å². The van der Waals surface area contributed by atoms with Crippen molar-refractivity contribution in [3.8, 4) is 0 Å². The van der Waals surface area contributed by atoms with E-state index >= 15 is 0 Å². The predicted octanol–water partition coefficient (Wildman–Crippen LogP) is 2.46. The molecule has 0 bridgehead atoms. The fourth-order valence-electron chi connectivity index (χ4n) is 1.02. The molecular weight excluding hydrogens is 162 g/mol. The van der Waals surface area contributed by atoms with Crippen LogP contribution >= 0.6 is 0 Å². The Labute approximate surface area is 81.6 Å². The fraction of sp³-hybridized carbons (Fsp3) is 0.727. The average Bonchev–Trinajstić information content (AvgIpc) is 2.16. The third-order valence-electron chi connectivity index (χ3n) is 2.29. The Morgan fingerprint density at radius 2 is 1.85 bits per heavy atom. The average molecular weight is 183 g/mol. The van der Waals surface area contributed by atoms with Crippen molar-refractivity contribution in [1.82, 2.24) is 4.90 Å². The molecule has 0 aliphatic carbocycles. The van der Waals surface area contributed by atoms with Crippen LogP contribution in [0.25, 0.3) is 0 Å². The molecular formula is C11H21NO. The minimum atomic E-state index is 0.130. The lowest BCUT2D eigenvalue weighted by Crippen LogP contribution is -2.28. The van der Waals surface area contributed by atoms with Gasteiger partial charge in [0, 0.05) is 13.1 Å². The Morgan fingerprint density at radius 1 is 1.31 bits per heavy atom. The minimum Gasteiger partial charge on any atom is -0.340 e. The summed E-state index contributed by atoms with van der Waals surface area (Å²) in [5, 5.41) is 0. The van der Waals surface area contributed by atoms with Gasteiger partial charge in [0.15, 0.2) is 0 Å². The van der Waals surface area contributed by atoms with E-state index in [2.05, 4.69) is 13.8 Å². The van der Waals surface area contributed by atoms with Crippen LogP contribution in [0.1, 0.15) is 34.1 Å². The Morgan fingerprint density at radius 3 is 2.23 bits per heavy atom. The van der Waals surface area contributed by atoms with Crippen LogP contribution in [0.4, 0.5) is 0 Å². The van der Waals surface area contributed by atoms with Crippen molar-refractivity contribution in [2.45, 2.75) is 34.1 Å². The number of allylic oxidation sites excluding steroid dienone is 1. The molecule has 76 valence electrons. The molecule has 0 spiro atoms. The second-order valence-corrected chi connectivity index (χ2v) is 3.26. The number of hydrogen-bond donors (Lipinski definition) is 0. The molecule has 13 heavy (non-hydrogen) atoms. The summed E-state index contributed by atoms with van der Waals surface area (Å²) in [4.78, 5) is 13.3. The maximum absolute atomic E-state index is 11.5. The van der Waals surface area contributed by atoms with Gasteiger partial charge in [0.05, 0.1) is 0 Å². The van der Waals surface area contributed by atoms with Gasteiger partial charge in [-0.2, -0.15) is 0 Å². The molecule has 1 unspecified atom stereocenters. The Kier molecular flexibility index (Phi) is 6.29. The highest BCUT2D eigenvalue weighted by Gasteiger charge is 2.04. The zero-order valence-corrected chi connectivity index (χ0v) is 9.21. The molecule has 2 nitrogen and oxygen atoms in total. The summed E-state index contributed by atoms with van der Waals surface area (Å²) in [6, 6.07) is 0. The quantitative estimate of drug-likeness (QED) is 0.599. The highest BCUT2D eigenvalue weighted by molar-refractivity contribution is 5.87. The largest absolute Gasteiger partial charge is 0.340 e. The Hall–Kier alpha value is -0.790. The van der Waals surface area contributed by atoms with Crippen LogP contribution in [-0.2, 0) is 4.79 Å². The van der Waals surface area contributed by atoms with Crippen LogP contribution in [0, 0.1) is 5.92 Å². The summed E-state index contributed by atoms with van der Waals surface area (Å²) < 4.78 is 0. The maximum Gasteiger partial charge on any atom is 0.246 e. The third-order valence-corrected chi connectivity index (χ3v) is 2.29. The van der Waals surface area contributed by atoms with E-state index in [1.165, 1.54) is 0 Å². The van der Waals surface area contributed by atoms with Gasteiger partial charge in [0.1, 0.15) is 0 Å². The summed E-state index contributed by atoms with van der Waals surface area (Å²) in [6.45, 7) is 9.82. The number of nitrogens with zero attached hydrogens (tertiary/aromatic N) is 1. The third kappa shape index (κ3) is 4.71. The van der Waals surface area contributed by atoms with Crippen molar-refractivity contribution in [3.63, 3.8) is 0 Å². The summed E-state index contributed by atoms with van der Waals surface area (Å²) in [5.74, 6) is 0.629. The lowest BCUT2D eigenvalue weighted by Gasteiger charge is -2.16. The molecule has 0 aliphatic heterocycles. The SMILES string of the molecule is CCC(C)/C=C/C(=O)N(CC)CC. The summed E-state index contributed by atoms with van der Waals surface area (Å²) in [6.07, 6.45) is 4.77. The first-order chi connectivity index (χ1) is 6.15. The normalized spacial score (nSPS) is 13.2. The van der Waals surface area contributed by atoms with Crippen LogP contribution in [0.3, 0.4) is 0 Å². The van der Waals surface area contributed by atoms with Crippen molar-refractivity contribution in [2.24, 2.45) is 5.92 Å². The molecule has 0 radical (unpaired) electrons. The lowest BCUT2D eigenvalue weighted by atomic mass is 10.1. The second-order valence-electron chi connectivity index (χ2n) is 3.26. The molecule has 0 aliphatic rings. The van der Waals surface area contributed by atoms with Gasteiger partial charge in [0.2, 0.25) is 5.91 Å². The van der Waals surface area contributed by atoms with E-state index in [0.29, 0.717) is 5.92 Å². The number of rotatable bonds is 5. The first-order valence-corrected chi connectivity index (χ1v) is 5.12. The van der Waals surface area contributed by atoms with Gasteiger partial charge in [-0.15, -0.1) is 0 Å². The summed E-state index contributed by atoms with van der Waals surface area (Å²) in [7, 11) is 0. The van der Waals surface area contributed by atoms with Crippen molar-refractivity contribution >= 4 is 5.91 Å². The van der Waals surface area contributed by atoms with E-state index in [4.69, 9.17) is 0 Å². The first kappa shape index (κ1) is 12.2. The molecule has 0 rings (SSSR count). The second kappa shape index (κ2) is 6.70. The van der Waals surface area contributed by atoms with Crippen LogP contribution in [-0.4, -0.2) is 23.9 Å². The van der Waals surface area contributed by atoms with Gasteiger partial charge >= 0.3 is 0 Å². The molecule has 0 aromatic heterocycles. The summed E-state index contributed by atoms with van der Waals surface area (Å²) in [5.41, 5.74) is 0. The number of amides is 1. The van der Waals surface area contributed by atoms with Gasteiger partial charge in [0.25, 0.3) is 0 Å². The van der Waals surface area contributed by atoms with Crippen molar-refractivity contribution in [1.29, 1.82) is 0 Å². The Balaban J connectivity index is 4.04. The van der Waals surface area contributed by atoms with E-state index < -0.39 is 0 Å². The molecule has 0 fully saturated rings. The van der Waals surface area contributed by atoms with Crippen LogP contribution in [0.5, 0.6) is 0 Å². The van der Waals surface area contributed by atoms with Crippen molar-refractivity contribution in [3.05, 3.63) is 12.2 Å². The lowest BCUT2D eigenvalue weighted by molar-refractivity contribution is -0.125. The van der Waals surface area contributed by atoms with Gasteiger partial charge in [-0.3, -0.25) is 4.79 Å². The minimum absolute atomic E-state index is 0.130. The van der Waals surface area contributed by atoms with Crippen LogP contribution in [0.2, 0.25) is 0 Å². The molecule has 0 saturated carbocycles. The van der Waals surface area contributed by atoms with Gasteiger partial charge in [-0.1, -0.05) is 26.3 Å². The number of carbonyl (C=O) groups is 1. The zero-order valence-electron chi connectivity index (χ0n) is 9.21. The smallest absolute Gasteiger partial charge is 0.246 e. The topological polar surface area (TPSA) is 20.3 Å². The molecule has 0 N–H and O–H groups in total. The van der Waals surface area contributed by atoms with Crippen molar-refractivity contribution < 1.29 is 4.79 Å². The Bertz CT molecular complexity index is 171. The van der Waals surface area contributed by atoms with Crippen LogP contribution < -0.4 is 0 Å². The number of carbonyl (C=O) groups excluding carboxylic acids is 1. The molecule has 1 amide bonds. The molecule has 0 heterocycles. The molecule has 2 heteroatoms. The molecule has 1 atom stereocenters. The molecule has 0 aromatic rings. The van der Waals surface area contributed by atoms with E-state index in [-0.39, 0.29) is 5.91 Å². The van der Waals surface area contributed by atoms with Gasteiger partial charge in [-0.05, 0) is 25.8 Å². The van der Waals surface area contributed by atoms with Gasteiger partial charge in [-0.25, -0.2) is 0 Å². The highest BCUT2D eigenvalue weighted by atomic mass is 16.2. The highest BCUT2D eigenvalue weighted by Crippen LogP contribution is 2.02. The number of hydrogen-bond acceptors (Lipinski definition) is 1. The number of likely N-dealkylation sites (N-methyl/N-ethyl adjacent to an activating group) is 1. The molecule has 0 saturated heterocycles. The van der Waals surface area contributed by atoms with Crippen molar-refractivity contribution in [2.75, 3.05) is 13.1 Å². The maximum atomic E-state index is 11.5. The van der Waals surface area contributed by atoms with E-state index in [9.17, 15) is 4.79 Å². The fourth-order valence-corrected chi connectivity index (χ4v) is 1.02. The standard InChI is InChI=1S/C11H21NO/c1-5-10(4)8-9-11(13)12(6-2)7-3/h8-10H,5-7H2,1-4H3/b9-8+. The zero-order chi connectivity index (χ0) is 10.3. The monoisotopic (exact) mass is 183 g/mol. The van der Waals surface area contributed by atoms with E-state index in [1.807, 2.05) is 24.8 Å². The van der Waals surface area contributed by atoms with Crippen LogP contribution in [0.15, 0.2) is 12.2 Å². The van der Waals surface area contributed by atoms with Gasteiger partial charge < -0.3 is 4.90 Å². The van der Waals surface area contributed by atoms with E-state index in [0.717, 1.165) is 19.5 Å². The predicted molar refractivity (Wildman–Crippen MR) is 56.5 cm³/mol. The summed E-state index contributed by atoms with van der Waals surface area (Å²) >= 11 is 0.